The Morgan fingerprint density at radius 1 is 1.22 bits per heavy atom. The van der Waals surface area contributed by atoms with Crippen molar-refractivity contribution in [3.63, 3.8) is 0 Å². The molecule has 0 aliphatic heterocycles. The fourth-order valence-corrected chi connectivity index (χ4v) is 2.50. The molecule has 27 heavy (non-hydrogen) atoms. The van der Waals surface area contributed by atoms with Crippen LogP contribution in [0.1, 0.15) is 16.2 Å². The molecular formula is C19H16N4O4. The normalized spacial score (nSPS) is 10.4. The van der Waals surface area contributed by atoms with Gasteiger partial charge in [-0.05, 0) is 6.07 Å². The van der Waals surface area contributed by atoms with Gasteiger partial charge in [0.05, 0.1) is 4.92 Å². The van der Waals surface area contributed by atoms with Gasteiger partial charge in [0.1, 0.15) is 6.54 Å². The summed E-state index contributed by atoms with van der Waals surface area (Å²) in [5.41, 5.74) is 0.852. The number of benzene rings is 2. The van der Waals surface area contributed by atoms with Crippen LogP contribution in [0.4, 0.5) is 5.69 Å². The summed E-state index contributed by atoms with van der Waals surface area (Å²) in [4.78, 5) is 28.9. The van der Waals surface area contributed by atoms with Crippen LogP contribution in [-0.2, 0) is 6.54 Å². The Kier molecular flexibility index (Phi) is 5.36. The molecule has 136 valence electrons. The van der Waals surface area contributed by atoms with Crippen molar-refractivity contribution in [2.75, 3.05) is 6.54 Å². The summed E-state index contributed by atoms with van der Waals surface area (Å²) in [6.07, 6.45) is 1.56. The standard InChI is InChI=1S/C19H16N4O4/c1-2-11-22(19(24)15-9-6-10-16(12-15)23(25)26)13-17-20-18(21-27-17)14-7-4-3-5-8-14/h2-10,12H,1,11,13H2. The SMILES string of the molecule is C=CCN(Cc1nc(-c2ccccc2)no1)C(=O)c1cccc([N+](=O)[O-])c1. The van der Waals surface area contributed by atoms with Crippen LogP contribution < -0.4 is 0 Å². The van der Waals surface area contributed by atoms with Gasteiger partial charge >= 0.3 is 0 Å². The molecule has 1 amide bonds. The second-order valence-electron chi connectivity index (χ2n) is 5.66. The first kappa shape index (κ1) is 18.0. The summed E-state index contributed by atoms with van der Waals surface area (Å²) in [6, 6.07) is 14.9. The number of aromatic nitrogens is 2. The average Bonchev–Trinajstić information content (AvgIpc) is 3.16. The van der Waals surface area contributed by atoms with Gasteiger partial charge in [0, 0.05) is 29.8 Å². The monoisotopic (exact) mass is 364 g/mol. The molecule has 0 aliphatic rings. The van der Waals surface area contributed by atoms with Crippen molar-refractivity contribution in [1.29, 1.82) is 0 Å². The van der Waals surface area contributed by atoms with Crippen LogP contribution in [0.25, 0.3) is 11.4 Å². The fraction of sp³-hybridized carbons (Fsp3) is 0.105. The number of nitrogens with zero attached hydrogens (tertiary/aromatic N) is 4. The molecule has 0 radical (unpaired) electrons. The summed E-state index contributed by atoms with van der Waals surface area (Å²) in [5.74, 6) is 0.291. The first-order chi connectivity index (χ1) is 13.1. The Morgan fingerprint density at radius 3 is 2.70 bits per heavy atom. The van der Waals surface area contributed by atoms with Crippen LogP contribution in [0.5, 0.6) is 0 Å². The third-order valence-corrected chi connectivity index (χ3v) is 3.77. The summed E-state index contributed by atoms with van der Waals surface area (Å²) in [7, 11) is 0. The van der Waals surface area contributed by atoms with E-state index in [9.17, 15) is 14.9 Å². The zero-order valence-corrected chi connectivity index (χ0v) is 14.3. The van der Waals surface area contributed by atoms with Gasteiger partial charge < -0.3 is 9.42 Å². The Morgan fingerprint density at radius 2 is 2.00 bits per heavy atom. The lowest BCUT2D eigenvalue weighted by molar-refractivity contribution is -0.384. The molecule has 0 atom stereocenters. The van der Waals surface area contributed by atoms with E-state index in [2.05, 4.69) is 16.7 Å². The number of amides is 1. The van der Waals surface area contributed by atoms with Crippen LogP contribution in [-0.4, -0.2) is 32.4 Å². The molecule has 8 heteroatoms. The number of hydrogen-bond acceptors (Lipinski definition) is 6. The molecule has 8 nitrogen and oxygen atoms in total. The second-order valence-corrected chi connectivity index (χ2v) is 5.66. The molecule has 0 fully saturated rings. The van der Waals surface area contributed by atoms with Crippen molar-refractivity contribution >= 4 is 11.6 Å². The predicted molar refractivity (Wildman–Crippen MR) is 97.8 cm³/mol. The minimum absolute atomic E-state index is 0.0629. The fourth-order valence-electron chi connectivity index (χ4n) is 2.50. The minimum atomic E-state index is -0.543. The average molecular weight is 364 g/mol. The van der Waals surface area contributed by atoms with E-state index < -0.39 is 10.8 Å². The highest BCUT2D eigenvalue weighted by atomic mass is 16.6. The first-order valence-electron chi connectivity index (χ1n) is 8.11. The van der Waals surface area contributed by atoms with Gasteiger partial charge in [0.25, 0.3) is 11.6 Å². The van der Waals surface area contributed by atoms with Crippen molar-refractivity contribution in [3.8, 4) is 11.4 Å². The Labute approximate surface area is 154 Å². The maximum Gasteiger partial charge on any atom is 0.270 e. The molecule has 0 aliphatic carbocycles. The second kappa shape index (κ2) is 8.05. The zero-order valence-electron chi connectivity index (χ0n) is 14.3. The molecule has 0 saturated carbocycles. The third kappa shape index (κ3) is 4.24. The van der Waals surface area contributed by atoms with E-state index in [-0.39, 0.29) is 30.2 Å². The third-order valence-electron chi connectivity index (χ3n) is 3.77. The number of hydrogen-bond donors (Lipinski definition) is 0. The van der Waals surface area contributed by atoms with Crippen LogP contribution in [0.15, 0.2) is 71.8 Å². The highest BCUT2D eigenvalue weighted by Crippen LogP contribution is 2.18. The van der Waals surface area contributed by atoms with Crippen molar-refractivity contribution in [2.24, 2.45) is 0 Å². The molecular weight excluding hydrogens is 348 g/mol. The molecule has 0 N–H and O–H groups in total. The topological polar surface area (TPSA) is 102 Å². The van der Waals surface area contributed by atoms with Gasteiger partial charge in [-0.2, -0.15) is 4.98 Å². The van der Waals surface area contributed by atoms with Crippen LogP contribution >= 0.6 is 0 Å². The van der Waals surface area contributed by atoms with E-state index in [0.29, 0.717) is 5.82 Å². The quantitative estimate of drug-likeness (QED) is 0.361. The number of carbonyl (C=O) groups excluding carboxylic acids is 1. The summed E-state index contributed by atoms with van der Waals surface area (Å²) in [5, 5.41) is 14.9. The van der Waals surface area contributed by atoms with Gasteiger partial charge in [-0.15, -0.1) is 6.58 Å². The summed E-state index contributed by atoms with van der Waals surface area (Å²) in [6.45, 7) is 3.94. The lowest BCUT2D eigenvalue weighted by atomic mass is 10.1. The van der Waals surface area contributed by atoms with Gasteiger partial charge in [0.15, 0.2) is 0 Å². The maximum absolute atomic E-state index is 12.8. The van der Waals surface area contributed by atoms with Crippen LogP contribution in [0.2, 0.25) is 0 Å². The Hall–Kier alpha value is -3.81. The summed E-state index contributed by atoms with van der Waals surface area (Å²) < 4.78 is 5.25. The molecule has 0 unspecified atom stereocenters. The largest absolute Gasteiger partial charge is 0.337 e. The van der Waals surface area contributed by atoms with E-state index in [1.807, 2.05) is 30.3 Å². The lowest BCUT2D eigenvalue weighted by Gasteiger charge is -2.19. The van der Waals surface area contributed by atoms with Crippen LogP contribution in [0, 0.1) is 10.1 Å². The Balaban J connectivity index is 1.81. The van der Waals surface area contributed by atoms with E-state index in [1.54, 1.807) is 6.08 Å². The van der Waals surface area contributed by atoms with Gasteiger partial charge in [0.2, 0.25) is 11.7 Å². The molecule has 0 bridgehead atoms. The highest BCUT2D eigenvalue weighted by Gasteiger charge is 2.20. The molecule has 2 aromatic carbocycles. The highest BCUT2D eigenvalue weighted by molar-refractivity contribution is 5.94. The van der Waals surface area contributed by atoms with Gasteiger partial charge in [-0.25, -0.2) is 0 Å². The van der Waals surface area contributed by atoms with Crippen molar-refractivity contribution < 1.29 is 14.2 Å². The molecule has 3 aromatic rings. The number of rotatable bonds is 7. The molecule has 1 heterocycles. The minimum Gasteiger partial charge on any atom is -0.337 e. The summed E-state index contributed by atoms with van der Waals surface area (Å²) >= 11 is 0. The van der Waals surface area contributed by atoms with E-state index in [4.69, 9.17) is 4.52 Å². The number of non-ortho nitro benzene ring substituents is 1. The molecule has 1 aromatic heterocycles. The van der Waals surface area contributed by atoms with E-state index in [1.165, 1.54) is 29.2 Å². The molecule has 0 spiro atoms. The van der Waals surface area contributed by atoms with E-state index >= 15 is 0 Å². The lowest BCUT2D eigenvalue weighted by Crippen LogP contribution is -2.30. The van der Waals surface area contributed by atoms with Gasteiger partial charge in [-0.3, -0.25) is 14.9 Å². The van der Waals surface area contributed by atoms with Crippen LogP contribution in [0.3, 0.4) is 0 Å². The van der Waals surface area contributed by atoms with Crippen molar-refractivity contribution in [3.05, 3.63) is 88.8 Å². The maximum atomic E-state index is 12.8. The van der Waals surface area contributed by atoms with E-state index in [0.717, 1.165) is 5.56 Å². The van der Waals surface area contributed by atoms with Gasteiger partial charge in [-0.1, -0.05) is 47.6 Å². The van der Waals surface area contributed by atoms with Crippen molar-refractivity contribution in [1.82, 2.24) is 15.0 Å². The number of nitro groups is 1. The van der Waals surface area contributed by atoms with Crippen molar-refractivity contribution in [2.45, 2.75) is 6.54 Å². The first-order valence-corrected chi connectivity index (χ1v) is 8.11. The Bertz CT molecular complexity index is 969. The number of nitro benzene ring substituents is 1. The number of carbonyl (C=O) groups is 1. The smallest absolute Gasteiger partial charge is 0.270 e. The zero-order chi connectivity index (χ0) is 19.2. The molecule has 3 rings (SSSR count). The molecule has 0 saturated heterocycles. The predicted octanol–water partition coefficient (Wildman–Crippen LogP) is 3.47.